The van der Waals surface area contributed by atoms with E-state index in [0.29, 0.717) is 5.92 Å². The normalized spacial score (nSPS) is 21.1. The highest BCUT2D eigenvalue weighted by Crippen LogP contribution is 2.43. The van der Waals surface area contributed by atoms with Crippen LogP contribution in [-0.2, 0) is 14.9 Å². The lowest BCUT2D eigenvalue weighted by atomic mass is 9.79. The number of benzene rings is 1. The maximum atomic E-state index is 12.4. The Kier molecular flexibility index (Phi) is 5.24. The van der Waals surface area contributed by atoms with E-state index in [2.05, 4.69) is 12.1 Å². The van der Waals surface area contributed by atoms with Crippen LogP contribution in [0.25, 0.3) is 0 Å². The average Bonchev–Trinajstić information content (AvgIpc) is 3.11. The van der Waals surface area contributed by atoms with E-state index in [9.17, 15) is 4.79 Å². The summed E-state index contributed by atoms with van der Waals surface area (Å²) >= 11 is 0. The monoisotopic (exact) mass is 316 g/mol. The fraction of sp³-hybridized carbons (Fsp3) is 0.650. The van der Waals surface area contributed by atoms with E-state index in [4.69, 9.17) is 9.47 Å². The van der Waals surface area contributed by atoms with Gasteiger partial charge in [-0.05, 0) is 49.3 Å². The van der Waals surface area contributed by atoms with Crippen LogP contribution in [0.1, 0.15) is 63.4 Å². The minimum atomic E-state index is -0.459. The van der Waals surface area contributed by atoms with E-state index >= 15 is 0 Å². The van der Waals surface area contributed by atoms with Gasteiger partial charge in [0.15, 0.2) is 0 Å². The number of ether oxygens (including phenoxy) is 2. The number of carbonyl (C=O) groups excluding carboxylic acids is 1. The average molecular weight is 316 g/mol. The van der Waals surface area contributed by atoms with Gasteiger partial charge in [0.25, 0.3) is 0 Å². The van der Waals surface area contributed by atoms with Crippen molar-refractivity contribution in [3.8, 4) is 5.75 Å². The second-order valence-electron chi connectivity index (χ2n) is 7.12. The van der Waals surface area contributed by atoms with Crippen LogP contribution in [0.15, 0.2) is 24.3 Å². The van der Waals surface area contributed by atoms with Crippen molar-refractivity contribution in [2.24, 2.45) is 5.92 Å². The third kappa shape index (κ3) is 3.54. The number of esters is 1. The lowest BCUT2D eigenvalue weighted by Gasteiger charge is -2.27. The predicted molar refractivity (Wildman–Crippen MR) is 90.7 cm³/mol. The Morgan fingerprint density at radius 1 is 1.13 bits per heavy atom. The Labute approximate surface area is 139 Å². The van der Waals surface area contributed by atoms with E-state index in [1.807, 2.05) is 12.1 Å². The summed E-state index contributed by atoms with van der Waals surface area (Å²) in [7, 11) is 1.49. The predicted octanol–water partition coefficient (Wildman–Crippen LogP) is 4.63. The van der Waals surface area contributed by atoms with Gasteiger partial charge in [0.1, 0.15) is 5.75 Å². The van der Waals surface area contributed by atoms with Gasteiger partial charge in [0.05, 0.1) is 19.1 Å². The van der Waals surface area contributed by atoms with E-state index in [1.54, 1.807) is 0 Å². The largest absolute Gasteiger partial charge is 0.493 e. The molecule has 2 saturated carbocycles. The van der Waals surface area contributed by atoms with Crippen LogP contribution in [0.2, 0.25) is 0 Å². The molecule has 0 bridgehead atoms. The minimum Gasteiger partial charge on any atom is -0.493 e. The molecule has 23 heavy (non-hydrogen) atoms. The van der Waals surface area contributed by atoms with Gasteiger partial charge in [-0.15, -0.1) is 0 Å². The lowest BCUT2D eigenvalue weighted by molar-refractivity contribution is -0.147. The van der Waals surface area contributed by atoms with Gasteiger partial charge < -0.3 is 9.47 Å². The molecule has 0 amide bonds. The van der Waals surface area contributed by atoms with Crippen LogP contribution >= 0.6 is 0 Å². The molecule has 0 heterocycles. The van der Waals surface area contributed by atoms with Crippen LogP contribution in [0.4, 0.5) is 0 Å². The molecule has 3 heteroatoms. The van der Waals surface area contributed by atoms with Crippen molar-refractivity contribution in [1.29, 1.82) is 0 Å². The fourth-order valence-electron chi connectivity index (χ4n) is 4.24. The number of rotatable bonds is 5. The van der Waals surface area contributed by atoms with Crippen LogP contribution in [0.5, 0.6) is 5.75 Å². The first-order valence-corrected chi connectivity index (χ1v) is 9.06. The van der Waals surface area contributed by atoms with Gasteiger partial charge in [-0.1, -0.05) is 44.2 Å². The van der Waals surface area contributed by atoms with Gasteiger partial charge in [-0.2, -0.15) is 0 Å². The summed E-state index contributed by atoms with van der Waals surface area (Å²) in [4.78, 5) is 12.4. The van der Waals surface area contributed by atoms with Crippen LogP contribution in [0.3, 0.4) is 0 Å². The van der Waals surface area contributed by atoms with Gasteiger partial charge in [0.2, 0.25) is 0 Å². The molecule has 2 aliphatic rings. The summed E-state index contributed by atoms with van der Waals surface area (Å²) in [5.74, 6) is 1.48. The Hall–Kier alpha value is -1.51. The molecule has 126 valence electrons. The van der Waals surface area contributed by atoms with E-state index in [1.165, 1.54) is 39.2 Å². The van der Waals surface area contributed by atoms with E-state index in [-0.39, 0.29) is 5.97 Å². The minimum absolute atomic E-state index is 0.0977. The second-order valence-corrected chi connectivity index (χ2v) is 7.12. The molecule has 1 aromatic carbocycles. The first-order valence-electron chi connectivity index (χ1n) is 9.06. The summed E-state index contributed by atoms with van der Waals surface area (Å²) in [5.41, 5.74) is 0.599. The zero-order chi connectivity index (χ0) is 16.1. The lowest BCUT2D eigenvalue weighted by Crippen LogP contribution is -2.34. The van der Waals surface area contributed by atoms with Crippen molar-refractivity contribution in [3.63, 3.8) is 0 Å². The van der Waals surface area contributed by atoms with Crippen LogP contribution in [0, 0.1) is 5.92 Å². The fourth-order valence-corrected chi connectivity index (χ4v) is 4.24. The molecule has 0 spiro atoms. The third-order valence-corrected chi connectivity index (χ3v) is 5.63. The zero-order valence-electron chi connectivity index (χ0n) is 14.2. The van der Waals surface area contributed by atoms with E-state index < -0.39 is 5.41 Å². The standard InChI is InChI=1S/C20H28O3/c1-22-19(21)20(12-5-6-13-20)17-10-7-11-18(14-17)23-15-16-8-3-2-4-9-16/h7,10-11,14,16H,2-6,8-9,12-13,15H2,1H3. The Balaban J connectivity index is 1.72. The maximum absolute atomic E-state index is 12.4. The zero-order valence-corrected chi connectivity index (χ0v) is 14.2. The van der Waals surface area contributed by atoms with Crippen LogP contribution < -0.4 is 4.74 Å². The van der Waals surface area contributed by atoms with Gasteiger partial charge >= 0.3 is 5.97 Å². The molecule has 1 aromatic rings. The van der Waals surface area contributed by atoms with Gasteiger partial charge in [0, 0.05) is 0 Å². The molecular weight excluding hydrogens is 288 g/mol. The van der Waals surface area contributed by atoms with Crippen molar-refractivity contribution in [1.82, 2.24) is 0 Å². The smallest absolute Gasteiger partial charge is 0.316 e. The third-order valence-electron chi connectivity index (χ3n) is 5.63. The second kappa shape index (κ2) is 7.37. The molecule has 0 unspecified atom stereocenters. The molecule has 0 atom stereocenters. The molecule has 0 aromatic heterocycles. The van der Waals surface area contributed by atoms with Crippen molar-refractivity contribution in [2.45, 2.75) is 63.2 Å². The quantitative estimate of drug-likeness (QED) is 0.743. The Morgan fingerprint density at radius 2 is 1.87 bits per heavy atom. The SMILES string of the molecule is COC(=O)C1(c2cccc(OCC3CCCCC3)c2)CCCC1. The molecule has 0 radical (unpaired) electrons. The number of methoxy groups -OCH3 is 1. The summed E-state index contributed by atoms with van der Waals surface area (Å²) in [6.45, 7) is 0.800. The molecule has 0 saturated heterocycles. The van der Waals surface area contributed by atoms with Gasteiger partial charge in [-0.25, -0.2) is 0 Å². The number of carbonyl (C=O) groups is 1. The van der Waals surface area contributed by atoms with E-state index in [0.717, 1.165) is 43.6 Å². The maximum Gasteiger partial charge on any atom is 0.316 e. The van der Waals surface area contributed by atoms with Crippen molar-refractivity contribution < 1.29 is 14.3 Å². The van der Waals surface area contributed by atoms with Gasteiger partial charge in [-0.3, -0.25) is 4.79 Å². The molecular formula is C20H28O3. The topological polar surface area (TPSA) is 35.5 Å². The Bertz CT molecular complexity index is 525. The summed E-state index contributed by atoms with van der Waals surface area (Å²) in [6.07, 6.45) is 10.5. The first kappa shape index (κ1) is 16.4. The number of hydrogen-bond acceptors (Lipinski definition) is 3. The number of hydrogen-bond donors (Lipinski definition) is 0. The molecule has 2 fully saturated rings. The molecule has 3 nitrogen and oxygen atoms in total. The first-order chi connectivity index (χ1) is 11.2. The molecule has 0 aliphatic heterocycles. The van der Waals surface area contributed by atoms with Crippen molar-refractivity contribution in [3.05, 3.63) is 29.8 Å². The summed E-state index contributed by atoms with van der Waals surface area (Å²) in [6, 6.07) is 8.13. The highest BCUT2D eigenvalue weighted by atomic mass is 16.5. The summed E-state index contributed by atoms with van der Waals surface area (Å²) < 4.78 is 11.2. The highest BCUT2D eigenvalue weighted by molar-refractivity contribution is 5.83. The Morgan fingerprint density at radius 3 is 2.57 bits per heavy atom. The van der Waals surface area contributed by atoms with Crippen molar-refractivity contribution in [2.75, 3.05) is 13.7 Å². The summed E-state index contributed by atoms with van der Waals surface area (Å²) in [5, 5.41) is 0. The molecule has 0 N–H and O–H groups in total. The highest BCUT2D eigenvalue weighted by Gasteiger charge is 2.43. The molecule has 2 aliphatic carbocycles. The molecule has 3 rings (SSSR count). The van der Waals surface area contributed by atoms with Crippen LogP contribution in [-0.4, -0.2) is 19.7 Å². The van der Waals surface area contributed by atoms with Crippen molar-refractivity contribution >= 4 is 5.97 Å².